The van der Waals surface area contributed by atoms with Gasteiger partial charge in [0, 0.05) is 19.4 Å². The molecule has 2 atom stereocenters. The van der Waals surface area contributed by atoms with Crippen LogP contribution in [0.5, 0.6) is 0 Å². The molecule has 0 radical (unpaired) electrons. The topological polar surface area (TPSA) is 134 Å². The maximum atomic E-state index is 12.5. The van der Waals surface area contributed by atoms with Crippen molar-refractivity contribution in [2.45, 2.75) is 161 Å². The SMILES string of the molecule is CC/C=C\C/C=C\C/C=C\CCCCCCCC(=O)O[C@H](COC(=O)CCCCCCC/C=C\CCCCCC)COP(=O)(O)OCCN. The third-order valence-electron chi connectivity index (χ3n) is 7.70. The molecule has 1 unspecified atom stereocenters. The lowest BCUT2D eigenvalue weighted by molar-refractivity contribution is -0.161. The van der Waals surface area contributed by atoms with Gasteiger partial charge in [-0.05, 0) is 70.6 Å². The quantitative estimate of drug-likeness (QED) is 0.0285. The Labute approximate surface area is 298 Å². The van der Waals surface area contributed by atoms with Gasteiger partial charge >= 0.3 is 19.8 Å². The van der Waals surface area contributed by atoms with Gasteiger partial charge < -0.3 is 20.1 Å². The van der Waals surface area contributed by atoms with E-state index in [-0.39, 0.29) is 32.6 Å². The van der Waals surface area contributed by atoms with E-state index in [1.807, 2.05) is 0 Å². The Morgan fingerprint density at radius 2 is 1.12 bits per heavy atom. The molecular weight excluding hydrogens is 641 g/mol. The van der Waals surface area contributed by atoms with Crippen LogP contribution in [0.25, 0.3) is 0 Å². The number of unbranched alkanes of at least 4 members (excludes halogenated alkanes) is 14. The number of ether oxygens (including phenoxy) is 2. The zero-order valence-corrected chi connectivity index (χ0v) is 31.8. The van der Waals surface area contributed by atoms with Crippen LogP contribution < -0.4 is 5.73 Å². The summed E-state index contributed by atoms with van der Waals surface area (Å²) in [6.07, 6.45) is 38.5. The Morgan fingerprint density at radius 3 is 1.69 bits per heavy atom. The monoisotopic (exact) mass is 711 g/mol. The number of phosphoric acid groups is 1. The van der Waals surface area contributed by atoms with Crippen LogP contribution in [0.15, 0.2) is 48.6 Å². The zero-order valence-electron chi connectivity index (χ0n) is 30.9. The number of carbonyl (C=O) groups excluding carboxylic acids is 2. The van der Waals surface area contributed by atoms with Gasteiger partial charge in [-0.1, -0.05) is 120 Å². The second kappa shape index (κ2) is 35.8. The third kappa shape index (κ3) is 35.6. The molecule has 0 aliphatic rings. The molecule has 49 heavy (non-hydrogen) atoms. The molecule has 10 heteroatoms. The van der Waals surface area contributed by atoms with Crippen molar-refractivity contribution in [3.05, 3.63) is 48.6 Å². The average Bonchev–Trinajstić information content (AvgIpc) is 3.08. The van der Waals surface area contributed by atoms with E-state index in [1.54, 1.807) is 0 Å². The summed E-state index contributed by atoms with van der Waals surface area (Å²) >= 11 is 0. The Morgan fingerprint density at radius 1 is 0.633 bits per heavy atom. The molecule has 3 N–H and O–H groups in total. The predicted molar refractivity (Wildman–Crippen MR) is 201 cm³/mol. The zero-order chi connectivity index (χ0) is 36.1. The fraction of sp³-hybridized carbons (Fsp3) is 0.744. The summed E-state index contributed by atoms with van der Waals surface area (Å²) in [7, 11) is -4.38. The van der Waals surface area contributed by atoms with Crippen molar-refractivity contribution < 1.29 is 37.6 Å². The summed E-state index contributed by atoms with van der Waals surface area (Å²) in [5.41, 5.74) is 5.33. The maximum absolute atomic E-state index is 12.5. The van der Waals surface area contributed by atoms with Crippen molar-refractivity contribution in [3.8, 4) is 0 Å². The summed E-state index contributed by atoms with van der Waals surface area (Å²) in [5, 5.41) is 0. The van der Waals surface area contributed by atoms with Gasteiger partial charge in [-0.2, -0.15) is 0 Å². The third-order valence-corrected chi connectivity index (χ3v) is 8.68. The normalized spacial score (nSPS) is 14.0. The molecule has 0 rings (SSSR count). The van der Waals surface area contributed by atoms with Crippen LogP contribution in [0.1, 0.15) is 155 Å². The number of carbonyl (C=O) groups is 2. The fourth-order valence-electron chi connectivity index (χ4n) is 4.88. The van der Waals surface area contributed by atoms with Crippen LogP contribution in [-0.4, -0.2) is 49.3 Å². The minimum Gasteiger partial charge on any atom is -0.462 e. The van der Waals surface area contributed by atoms with Crippen LogP contribution in [0.4, 0.5) is 0 Å². The van der Waals surface area contributed by atoms with Crippen molar-refractivity contribution in [2.75, 3.05) is 26.4 Å². The van der Waals surface area contributed by atoms with Crippen molar-refractivity contribution in [3.63, 3.8) is 0 Å². The maximum Gasteiger partial charge on any atom is 0.472 e. The highest BCUT2D eigenvalue weighted by atomic mass is 31.2. The highest BCUT2D eigenvalue weighted by Gasteiger charge is 2.25. The van der Waals surface area contributed by atoms with Gasteiger partial charge in [-0.25, -0.2) is 4.57 Å². The van der Waals surface area contributed by atoms with Crippen LogP contribution in [0, 0.1) is 0 Å². The summed E-state index contributed by atoms with van der Waals surface area (Å²) in [6, 6.07) is 0. The van der Waals surface area contributed by atoms with Gasteiger partial charge in [0.15, 0.2) is 6.10 Å². The highest BCUT2D eigenvalue weighted by molar-refractivity contribution is 7.47. The lowest BCUT2D eigenvalue weighted by Gasteiger charge is -2.19. The first-order chi connectivity index (χ1) is 23.8. The van der Waals surface area contributed by atoms with Crippen LogP contribution in [-0.2, 0) is 32.7 Å². The summed E-state index contributed by atoms with van der Waals surface area (Å²) in [5.74, 6) is -0.863. The largest absolute Gasteiger partial charge is 0.472 e. The molecule has 0 aliphatic heterocycles. The van der Waals surface area contributed by atoms with Crippen LogP contribution >= 0.6 is 7.82 Å². The molecule has 0 aromatic carbocycles. The first-order valence-electron chi connectivity index (χ1n) is 19.1. The Bertz CT molecular complexity index is 949. The number of hydrogen-bond acceptors (Lipinski definition) is 8. The second-order valence-electron chi connectivity index (χ2n) is 12.4. The molecule has 0 heterocycles. The van der Waals surface area contributed by atoms with Crippen molar-refractivity contribution in [1.29, 1.82) is 0 Å². The van der Waals surface area contributed by atoms with Crippen LogP contribution in [0.3, 0.4) is 0 Å². The van der Waals surface area contributed by atoms with Crippen molar-refractivity contribution >= 4 is 19.8 Å². The van der Waals surface area contributed by atoms with Gasteiger partial charge in [0.1, 0.15) is 6.61 Å². The van der Waals surface area contributed by atoms with Crippen LogP contribution in [0.2, 0.25) is 0 Å². The molecule has 0 amide bonds. The lowest BCUT2D eigenvalue weighted by atomic mass is 10.1. The number of hydrogen-bond donors (Lipinski definition) is 2. The fourth-order valence-corrected chi connectivity index (χ4v) is 5.64. The molecule has 0 spiro atoms. The molecule has 0 aromatic heterocycles. The first-order valence-corrected chi connectivity index (χ1v) is 20.6. The van der Waals surface area contributed by atoms with Gasteiger partial charge in [0.25, 0.3) is 0 Å². The molecule has 0 aliphatic carbocycles. The molecule has 0 saturated heterocycles. The first kappa shape index (κ1) is 47.0. The minimum absolute atomic E-state index is 0.0475. The molecule has 284 valence electrons. The summed E-state index contributed by atoms with van der Waals surface area (Å²) in [4.78, 5) is 34.7. The number of phosphoric ester groups is 1. The molecule has 0 saturated carbocycles. The molecule has 0 aromatic rings. The van der Waals surface area contributed by atoms with Crippen molar-refractivity contribution in [2.24, 2.45) is 5.73 Å². The molecule has 9 nitrogen and oxygen atoms in total. The van der Waals surface area contributed by atoms with E-state index in [4.69, 9.17) is 24.3 Å². The molecular formula is C39H70NO8P. The number of esters is 2. The molecule has 0 fully saturated rings. The Balaban J connectivity index is 4.28. The lowest BCUT2D eigenvalue weighted by Crippen LogP contribution is -2.29. The van der Waals surface area contributed by atoms with Gasteiger partial charge in [-0.15, -0.1) is 0 Å². The standard InChI is InChI=1S/C39H70NO8P/c1-3-5-7-9-11-13-15-17-18-20-22-24-26-28-30-32-39(42)48-37(36-47-49(43,44)46-34-33-40)35-45-38(41)31-29-27-25-23-21-19-16-14-12-10-8-6-4-2/h5,7,11,13-14,16-18,37H,3-4,6,8-10,12,15,19-36,40H2,1-2H3,(H,43,44)/b7-5-,13-11-,16-14-,18-17-/t37-/m1/s1. The van der Waals surface area contributed by atoms with E-state index in [9.17, 15) is 19.0 Å². The van der Waals surface area contributed by atoms with E-state index in [0.29, 0.717) is 6.42 Å². The number of nitrogens with two attached hydrogens (primary N) is 1. The highest BCUT2D eigenvalue weighted by Crippen LogP contribution is 2.43. The van der Waals surface area contributed by atoms with Gasteiger partial charge in [0.05, 0.1) is 13.2 Å². The van der Waals surface area contributed by atoms with Gasteiger partial charge in [0.2, 0.25) is 0 Å². The van der Waals surface area contributed by atoms with E-state index >= 15 is 0 Å². The summed E-state index contributed by atoms with van der Waals surface area (Å²) < 4.78 is 32.6. The van der Waals surface area contributed by atoms with E-state index in [2.05, 4.69) is 62.5 Å². The number of rotatable bonds is 35. The minimum atomic E-state index is -4.38. The predicted octanol–water partition coefficient (Wildman–Crippen LogP) is 10.4. The van der Waals surface area contributed by atoms with Gasteiger partial charge in [-0.3, -0.25) is 18.6 Å². The smallest absolute Gasteiger partial charge is 0.462 e. The second-order valence-corrected chi connectivity index (χ2v) is 13.9. The van der Waals surface area contributed by atoms with E-state index in [0.717, 1.165) is 89.9 Å². The average molecular weight is 712 g/mol. The number of allylic oxidation sites excluding steroid dienone is 8. The van der Waals surface area contributed by atoms with E-state index in [1.165, 1.54) is 32.1 Å². The Kier molecular flexibility index (Phi) is 34.3. The van der Waals surface area contributed by atoms with E-state index < -0.39 is 32.5 Å². The Hall–Kier alpha value is -2.03. The molecule has 0 bridgehead atoms. The van der Waals surface area contributed by atoms with Crippen molar-refractivity contribution in [1.82, 2.24) is 0 Å². The summed E-state index contributed by atoms with van der Waals surface area (Å²) in [6.45, 7) is 3.55.